The minimum absolute atomic E-state index is 0.137. The molecule has 0 saturated carbocycles. The van der Waals surface area contributed by atoms with Gasteiger partial charge < -0.3 is 14.6 Å². The standard InChI is InChI=1S/C12H14O4/c13-12(14)9-2-1-3-11(8-9)16-10-4-6-15-7-5-10/h1-3,8,10H,4-7H2,(H,13,14). The Morgan fingerprint density at radius 1 is 1.38 bits per heavy atom. The fourth-order valence-electron chi connectivity index (χ4n) is 1.69. The SMILES string of the molecule is O=C(O)c1cccc(OC2CCOCC2)c1. The van der Waals surface area contributed by atoms with Gasteiger partial charge in [0.25, 0.3) is 0 Å². The van der Waals surface area contributed by atoms with Crippen molar-refractivity contribution in [2.45, 2.75) is 18.9 Å². The van der Waals surface area contributed by atoms with Gasteiger partial charge in [0.2, 0.25) is 0 Å². The zero-order chi connectivity index (χ0) is 11.4. The molecule has 1 heterocycles. The molecule has 0 unspecified atom stereocenters. The summed E-state index contributed by atoms with van der Waals surface area (Å²) >= 11 is 0. The first-order valence-corrected chi connectivity index (χ1v) is 5.33. The van der Waals surface area contributed by atoms with E-state index in [1.54, 1.807) is 24.3 Å². The second kappa shape index (κ2) is 4.99. The summed E-state index contributed by atoms with van der Waals surface area (Å²) in [6, 6.07) is 6.58. The Labute approximate surface area is 93.8 Å². The van der Waals surface area contributed by atoms with Gasteiger partial charge in [-0.25, -0.2) is 4.79 Å². The number of aromatic carboxylic acids is 1. The van der Waals surface area contributed by atoms with E-state index in [9.17, 15) is 4.79 Å². The fourth-order valence-corrected chi connectivity index (χ4v) is 1.69. The molecule has 1 saturated heterocycles. The van der Waals surface area contributed by atoms with Crippen LogP contribution in [0.25, 0.3) is 0 Å². The molecule has 0 aromatic heterocycles. The second-order valence-corrected chi connectivity index (χ2v) is 3.76. The quantitative estimate of drug-likeness (QED) is 0.849. The van der Waals surface area contributed by atoms with Gasteiger partial charge in [-0.15, -0.1) is 0 Å². The monoisotopic (exact) mass is 222 g/mol. The van der Waals surface area contributed by atoms with Crippen molar-refractivity contribution in [3.8, 4) is 5.75 Å². The topological polar surface area (TPSA) is 55.8 Å². The molecule has 1 N–H and O–H groups in total. The number of carbonyl (C=O) groups is 1. The maximum atomic E-state index is 10.8. The molecule has 16 heavy (non-hydrogen) atoms. The van der Waals surface area contributed by atoms with E-state index in [2.05, 4.69) is 0 Å². The van der Waals surface area contributed by atoms with E-state index < -0.39 is 5.97 Å². The highest BCUT2D eigenvalue weighted by Crippen LogP contribution is 2.19. The number of carboxylic acid groups (broad SMARTS) is 1. The molecule has 0 aliphatic carbocycles. The number of hydrogen-bond donors (Lipinski definition) is 1. The van der Waals surface area contributed by atoms with E-state index in [-0.39, 0.29) is 11.7 Å². The first-order chi connectivity index (χ1) is 7.75. The summed E-state index contributed by atoms with van der Waals surface area (Å²) in [6.07, 6.45) is 1.85. The first kappa shape index (κ1) is 11.0. The van der Waals surface area contributed by atoms with Crippen molar-refractivity contribution in [1.82, 2.24) is 0 Å². The van der Waals surface area contributed by atoms with Crippen molar-refractivity contribution in [2.24, 2.45) is 0 Å². The average molecular weight is 222 g/mol. The largest absolute Gasteiger partial charge is 0.490 e. The Balaban J connectivity index is 2.02. The Bertz CT molecular complexity index is 369. The molecule has 4 heteroatoms. The first-order valence-electron chi connectivity index (χ1n) is 5.33. The molecule has 0 radical (unpaired) electrons. The molecule has 0 atom stereocenters. The van der Waals surface area contributed by atoms with Crippen molar-refractivity contribution in [1.29, 1.82) is 0 Å². The van der Waals surface area contributed by atoms with Gasteiger partial charge in [-0.2, -0.15) is 0 Å². The van der Waals surface area contributed by atoms with Crippen LogP contribution in [0.15, 0.2) is 24.3 Å². The molecule has 2 rings (SSSR count). The third kappa shape index (κ3) is 2.73. The van der Waals surface area contributed by atoms with Gasteiger partial charge in [0.1, 0.15) is 11.9 Å². The van der Waals surface area contributed by atoms with Gasteiger partial charge >= 0.3 is 5.97 Å². The highest BCUT2D eigenvalue weighted by Gasteiger charge is 2.15. The Morgan fingerprint density at radius 3 is 2.81 bits per heavy atom. The van der Waals surface area contributed by atoms with E-state index in [1.807, 2.05) is 0 Å². The molecule has 0 bridgehead atoms. The third-order valence-electron chi connectivity index (χ3n) is 2.55. The van der Waals surface area contributed by atoms with Crippen molar-refractivity contribution in [3.63, 3.8) is 0 Å². The van der Waals surface area contributed by atoms with Crippen LogP contribution in [0.2, 0.25) is 0 Å². The van der Waals surface area contributed by atoms with Crippen LogP contribution in [-0.2, 0) is 4.74 Å². The lowest BCUT2D eigenvalue weighted by atomic mass is 10.1. The number of ether oxygens (including phenoxy) is 2. The zero-order valence-electron chi connectivity index (χ0n) is 8.89. The number of carboxylic acids is 1. The smallest absolute Gasteiger partial charge is 0.335 e. The predicted molar refractivity (Wildman–Crippen MR) is 57.9 cm³/mol. The lowest BCUT2D eigenvalue weighted by Gasteiger charge is -2.23. The van der Waals surface area contributed by atoms with Gasteiger partial charge in [0.05, 0.1) is 18.8 Å². The van der Waals surface area contributed by atoms with E-state index in [4.69, 9.17) is 14.6 Å². The molecule has 0 spiro atoms. The molecule has 1 aromatic carbocycles. The second-order valence-electron chi connectivity index (χ2n) is 3.76. The van der Waals surface area contributed by atoms with E-state index in [0.717, 1.165) is 12.8 Å². The van der Waals surface area contributed by atoms with Crippen LogP contribution in [0.5, 0.6) is 5.75 Å². The molecule has 1 aliphatic heterocycles. The van der Waals surface area contributed by atoms with Crippen LogP contribution >= 0.6 is 0 Å². The summed E-state index contributed by atoms with van der Waals surface area (Å²) < 4.78 is 10.9. The van der Waals surface area contributed by atoms with E-state index in [1.165, 1.54) is 0 Å². The number of hydrogen-bond acceptors (Lipinski definition) is 3. The summed E-state index contributed by atoms with van der Waals surface area (Å²) in [5, 5.41) is 8.84. The van der Waals surface area contributed by atoms with Crippen molar-refractivity contribution < 1.29 is 19.4 Å². The molecule has 1 aliphatic rings. The van der Waals surface area contributed by atoms with Crippen LogP contribution in [0, 0.1) is 0 Å². The summed E-state index contributed by atoms with van der Waals surface area (Å²) in [5.74, 6) is -0.316. The van der Waals surface area contributed by atoms with Crippen molar-refractivity contribution in [3.05, 3.63) is 29.8 Å². The molecule has 0 amide bonds. The fraction of sp³-hybridized carbons (Fsp3) is 0.417. The lowest BCUT2D eigenvalue weighted by molar-refractivity contribution is 0.0254. The van der Waals surface area contributed by atoms with Crippen LogP contribution < -0.4 is 4.74 Å². The lowest BCUT2D eigenvalue weighted by Crippen LogP contribution is -2.25. The van der Waals surface area contributed by atoms with E-state index >= 15 is 0 Å². The zero-order valence-corrected chi connectivity index (χ0v) is 8.89. The maximum absolute atomic E-state index is 10.8. The van der Waals surface area contributed by atoms with Gasteiger partial charge in [-0.3, -0.25) is 0 Å². The summed E-state index contributed by atoms with van der Waals surface area (Å²) in [4.78, 5) is 10.8. The number of rotatable bonds is 3. The third-order valence-corrected chi connectivity index (χ3v) is 2.55. The Kier molecular flexibility index (Phi) is 3.41. The van der Waals surface area contributed by atoms with Crippen LogP contribution in [0.3, 0.4) is 0 Å². The van der Waals surface area contributed by atoms with Crippen LogP contribution in [0.1, 0.15) is 23.2 Å². The van der Waals surface area contributed by atoms with Gasteiger partial charge in [-0.05, 0) is 18.2 Å². The van der Waals surface area contributed by atoms with Gasteiger partial charge in [-0.1, -0.05) is 6.07 Å². The van der Waals surface area contributed by atoms with Crippen molar-refractivity contribution >= 4 is 5.97 Å². The maximum Gasteiger partial charge on any atom is 0.335 e. The van der Waals surface area contributed by atoms with E-state index in [0.29, 0.717) is 19.0 Å². The molecule has 86 valence electrons. The molecule has 1 fully saturated rings. The normalized spacial score (nSPS) is 17.0. The Hall–Kier alpha value is -1.55. The molecular weight excluding hydrogens is 208 g/mol. The predicted octanol–water partition coefficient (Wildman–Crippen LogP) is 1.94. The van der Waals surface area contributed by atoms with Gasteiger partial charge in [0, 0.05) is 12.8 Å². The minimum Gasteiger partial charge on any atom is -0.490 e. The number of benzene rings is 1. The summed E-state index contributed by atoms with van der Waals surface area (Å²) in [6.45, 7) is 1.42. The van der Waals surface area contributed by atoms with Gasteiger partial charge in [0.15, 0.2) is 0 Å². The minimum atomic E-state index is -0.933. The average Bonchev–Trinajstić information content (AvgIpc) is 2.30. The highest BCUT2D eigenvalue weighted by atomic mass is 16.5. The highest BCUT2D eigenvalue weighted by molar-refractivity contribution is 5.87. The van der Waals surface area contributed by atoms with Crippen LogP contribution in [0.4, 0.5) is 0 Å². The molecule has 1 aromatic rings. The van der Waals surface area contributed by atoms with Crippen molar-refractivity contribution in [2.75, 3.05) is 13.2 Å². The summed E-state index contributed by atoms with van der Waals surface area (Å²) in [5.41, 5.74) is 0.254. The van der Waals surface area contributed by atoms with Crippen LogP contribution in [-0.4, -0.2) is 30.4 Å². The summed E-state index contributed by atoms with van der Waals surface area (Å²) in [7, 11) is 0. The molecular formula is C12H14O4. The Morgan fingerprint density at radius 2 is 2.12 bits per heavy atom. The molecule has 4 nitrogen and oxygen atoms in total.